The van der Waals surface area contributed by atoms with Crippen LogP contribution in [-0.4, -0.2) is 81.2 Å². The molecule has 0 aliphatic carbocycles. The largest absolute Gasteiger partial charge is 0.508 e. The summed E-state index contributed by atoms with van der Waals surface area (Å²) in [6, 6.07) is 8.97. The minimum atomic E-state index is -1.22. The lowest BCUT2D eigenvalue weighted by molar-refractivity contribution is -0.144. The number of phenols is 2. The molecule has 0 bridgehead atoms. The molecule has 4 atom stereocenters. The molecule has 0 spiro atoms. The number of hydrogen-bond donors (Lipinski definition) is 6. The van der Waals surface area contributed by atoms with Crippen molar-refractivity contribution in [2.45, 2.75) is 62.7 Å². The summed E-state index contributed by atoms with van der Waals surface area (Å²) in [5.74, 6) is -2.36. The molecule has 0 saturated carbocycles. The van der Waals surface area contributed by atoms with Gasteiger partial charge in [0, 0.05) is 19.4 Å². The molecule has 2 fully saturated rings. The van der Waals surface area contributed by atoms with E-state index < -0.39 is 42.0 Å². The number of hydrogen-bond acceptors (Lipinski definition) is 7. The Labute approximate surface area is 226 Å². The van der Waals surface area contributed by atoms with Crippen molar-refractivity contribution in [3.63, 3.8) is 0 Å². The van der Waals surface area contributed by atoms with Crippen LogP contribution < -0.4 is 16.0 Å². The molecular formula is C28H34N4O7. The minimum absolute atomic E-state index is 0.00986. The fourth-order valence-corrected chi connectivity index (χ4v) is 5.09. The highest BCUT2D eigenvalue weighted by Gasteiger charge is 2.39. The number of carboxylic acids is 1. The molecule has 0 radical (unpaired) electrons. The van der Waals surface area contributed by atoms with Gasteiger partial charge >= 0.3 is 5.97 Å². The second-order valence-corrected chi connectivity index (χ2v) is 10.0. The third-order valence-corrected chi connectivity index (χ3v) is 7.20. The van der Waals surface area contributed by atoms with Gasteiger partial charge in [0.2, 0.25) is 17.7 Å². The highest BCUT2D eigenvalue weighted by atomic mass is 16.4. The Kier molecular flexibility index (Phi) is 9.03. The summed E-state index contributed by atoms with van der Waals surface area (Å²) >= 11 is 0. The number of carboxylic acid groups (broad SMARTS) is 1. The second kappa shape index (κ2) is 12.6. The molecule has 11 heteroatoms. The third kappa shape index (κ3) is 7.26. The standard InChI is InChI=1S/C28H34N4O7/c33-19-9-5-17(6-10-19)15-22(30-25(35)21-3-1-13-29-21)27(37)32-14-2-4-24(32)26(36)31-23(28(38)39)16-18-7-11-20(34)12-8-18/h5-12,21-24,29,33-34H,1-4,13-16H2,(H,30,35)(H,31,36)(H,38,39). The Morgan fingerprint density at radius 2 is 1.38 bits per heavy atom. The van der Waals surface area contributed by atoms with Gasteiger partial charge in [-0.15, -0.1) is 0 Å². The smallest absolute Gasteiger partial charge is 0.326 e. The molecule has 4 unspecified atom stereocenters. The zero-order chi connectivity index (χ0) is 27.9. The van der Waals surface area contributed by atoms with E-state index in [2.05, 4.69) is 16.0 Å². The molecule has 2 aliphatic heterocycles. The summed E-state index contributed by atoms with van der Waals surface area (Å²) in [7, 11) is 0. The quantitative estimate of drug-likeness (QED) is 0.257. The number of rotatable bonds is 10. The third-order valence-electron chi connectivity index (χ3n) is 7.20. The van der Waals surface area contributed by atoms with Crippen LogP contribution in [0, 0.1) is 0 Å². The van der Waals surface area contributed by atoms with Gasteiger partial charge in [-0.25, -0.2) is 4.79 Å². The number of carbonyl (C=O) groups excluding carboxylic acids is 3. The SMILES string of the molecule is O=C(O)C(Cc1ccc(O)cc1)NC(=O)C1CCCN1C(=O)C(Cc1ccc(O)cc1)NC(=O)C1CCCN1. The van der Waals surface area contributed by atoms with Crippen molar-refractivity contribution < 1.29 is 34.5 Å². The van der Waals surface area contributed by atoms with Gasteiger partial charge in [0.25, 0.3) is 0 Å². The van der Waals surface area contributed by atoms with E-state index in [-0.39, 0.29) is 30.2 Å². The first-order valence-corrected chi connectivity index (χ1v) is 13.1. The molecular weight excluding hydrogens is 504 g/mol. The van der Waals surface area contributed by atoms with Gasteiger partial charge in [-0.05, 0) is 67.6 Å². The Morgan fingerprint density at radius 1 is 0.821 bits per heavy atom. The molecule has 2 saturated heterocycles. The van der Waals surface area contributed by atoms with Crippen LogP contribution in [0.2, 0.25) is 0 Å². The normalized spacial score (nSPS) is 20.3. The molecule has 11 nitrogen and oxygen atoms in total. The summed E-state index contributed by atoms with van der Waals surface area (Å²) in [6.07, 6.45) is 2.63. The zero-order valence-corrected chi connectivity index (χ0v) is 21.5. The van der Waals surface area contributed by atoms with Crippen molar-refractivity contribution in [3.05, 3.63) is 59.7 Å². The predicted octanol–water partition coefficient (Wildman–Crippen LogP) is 0.680. The summed E-state index contributed by atoms with van der Waals surface area (Å²) in [5, 5.41) is 37.3. The number of carbonyl (C=O) groups is 4. The van der Waals surface area contributed by atoms with E-state index in [1.807, 2.05) is 0 Å². The summed E-state index contributed by atoms with van der Waals surface area (Å²) < 4.78 is 0. The lowest BCUT2D eigenvalue weighted by Crippen LogP contribution is -2.57. The van der Waals surface area contributed by atoms with Crippen LogP contribution in [0.15, 0.2) is 48.5 Å². The first-order valence-electron chi connectivity index (χ1n) is 13.1. The molecule has 2 heterocycles. The topological polar surface area (TPSA) is 168 Å². The highest BCUT2D eigenvalue weighted by molar-refractivity contribution is 5.94. The number of likely N-dealkylation sites (tertiary alicyclic amines) is 1. The monoisotopic (exact) mass is 538 g/mol. The Hall–Kier alpha value is -4.12. The van der Waals surface area contributed by atoms with Crippen molar-refractivity contribution in [3.8, 4) is 11.5 Å². The molecule has 3 amide bonds. The van der Waals surface area contributed by atoms with E-state index in [9.17, 15) is 34.5 Å². The first-order chi connectivity index (χ1) is 18.7. The summed E-state index contributed by atoms with van der Waals surface area (Å²) in [6.45, 7) is 1.02. The second-order valence-electron chi connectivity index (χ2n) is 10.0. The number of nitrogens with zero attached hydrogens (tertiary/aromatic N) is 1. The van der Waals surface area contributed by atoms with Crippen molar-refractivity contribution in [2.24, 2.45) is 0 Å². The Bertz CT molecular complexity index is 1180. The number of phenolic OH excluding ortho intramolecular Hbond substituents is 2. The molecule has 2 aromatic rings. The maximum atomic E-state index is 13.7. The maximum Gasteiger partial charge on any atom is 0.326 e. The van der Waals surface area contributed by atoms with Crippen LogP contribution in [0.5, 0.6) is 11.5 Å². The van der Waals surface area contributed by atoms with Crippen LogP contribution in [0.25, 0.3) is 0 Å². The lowest BCUT2D eigenvalue weighted by atomic mass is 10.0. The van der Waals surface area contributed by atoms with Gasteiger partial charge in [0.05, 0.1) is 6.04 Å². The lowest BCUT2D eigenvalue weighted by Gasteiger charge is -2.30. The van der Waals surface area contributed by atoms with Gasteiger partial charge in [-0.3, -0.25) is 14.4 Å². The van der Waals surface area contributed by atoms with Gasteiger partial charge in [0.15, 0.2) is 0 Å². The maximum absolute atomic E-state index is 13.7. The molecule has 4 rings (SSSR count). The van der Waals surface area contributed by atoms with Gasteiger partial charge in [0.1, 0.15) is 29.6 Å². The summed E-state index contributed by atoms with van der Waals surface area (Å²) in [4.78, 5) is 53.2. The van der Waals surface area contributed by atoms with E-state index in [1.165, 1.54) is 29.2 Å². The van der Waals surface area contributed by atoms with E-state index >= 15 is 0 Å². The number of amides is 3. The van der Waals surface area contributed by atoms with Crippen LogP contribution in [0.3, 0.4) is 0 Å². The van der Waals surface area contributed by atoms with Crippen LogP contribution in [0.1, 0.15) is 36.8 Å². The molecule has 2 aromatic carbocycles. The first kappa shape index (κ1) is 27.9. The van der Waals surface area contributed by atoms with Crippen LogP contribution in [0.4, 0.5) is 0 Å². The molecule has 2 aliphatic rings. The molecule has 208 valence electrons. The van der Waals surface area contributed by atoms with E-state index in [0.29, 0.717) is 31.4 Å². The number of benzene rings is 2. The molecule has 0 aromatic heterocycles. The van der Waals surface area contributed by atoms with Crippen molar-refractivity contribution in [1.29, 1.82) is 0 Å². The van der Waals surface area contributed by atoms with Gasteiger partial charge in [-0.1, -0.05) is 24.3 Å². The van der Waals surface area contributed by atoms with E-state index in [0.717, 1.165) is 18.5 Å². The molecule has 6 N–H and O–H groups in total. The number of aromatic hydroxyl groups is 2. The number of aliphatic carboxylic acids is 1. The van der Waals surface area contributed by atoms with Crippen molar-refractivity contribution in [2.75, 3.05) is 13.1 Å². The average molecular weight is 539 g/mol. The van der Waals surface area contributed by atoms with Gasteiger partial charge in [-0.2, -0.15) is 0 Å². The predicted molar refractivity (Wildman–Crippen MR) is 141 cm³/mol. The van der Waals surface area contributed by atoms with Gasteiger partial charge < -0.3 is 36.2 Å². The number of nitrogens with one attached hydrogen (secondary N) is 3. The average Bonchev–Trinajstić information content (AvgIpc) is 3.63. The van der Waals surface area contributed by atoms with Crippen LogP contribution >= 0.6 is 0 Å². The zero-order valence-electron chi connectivity index (χ0n) is 21.5. The molecule has 39 heavy (non-hydrogen) atoms. The van der Waals surface area contributed by atoms with Crippen LogP contribution in [-0.2, 0) is 32.0 Å². The van der Waals surface area contributed by atoms with E-state index in [1.54, 1.807) is 24.3 Å². The summed E-state index contributed by atoms with van der Waals surface area (Å²) in [5.41, 5.74) is 1.35. The highest BCUT2D eigenvalue weighted by Crippen LogP contribution is 2.21. The fourth-order valence-electron chi connectivity index (χ4n) is 5.09. The Balaban J connectivity index is 1.48. The Morgan fingerprint density at radius 3 is 1.92 bits per heavy atom. The van der Waals surface area contributed by atoms with Crippen molar-refractivity contribution >= 4 is 23.7 Å². The van der Waals surface area contributed by atoms with Crippen molar-refractivity contribution in [1.82, 2.24) is 20.9 Å². The fraction of sp³-hybridized carbons (Fsp3) is 0.429. The minimum Gasteiger partial charge on any atom is -0.508 e. The van der Waals surface area contributed by atoms with E-state index in [4.69, 9.17) is 0 Å².